The van der Waals surface area contributed by atoms with E-state index in [1.54, 1.807) is 7.05 Å². The lowest BCUT2D eigenvalue weighted by molar-refractivity contribution is -0.149. The van der Waals surface area contributed by atoms with E-state index < -0.39 is 12.6 Å². The third kappa shape index (κ3) is 8.77. The molecule has 6 heteroatoms. The van der Waals surface area contributed by atoms with Crippen molar-refractivity contribution in [2.24, 2.45) is 0 Å². The molecule has 0 radical (unpaired) electrons. The van der Waals surface area contributed by atoms with Crippen molar-refractivity contribution in [3.05, 3.63) is 0 Å². The number of hydrogen-bond acceptors (Lipinski definition) is 4. The summed E-state index contributed by atoms with van der Waals surface area (Å²) in [5.41, 5.74) is 2.03. The van der Waals surface area contributed by atoms with Gasteiger partial charge in [-0.3, -0.25) is 9.63 Å². The highest BCUT2D eigenvalue weighted by Crippen LogP contribution is 1.86. The average molecular weight is 190 g/mol. The number of hydroxylamine groups is 1. The van der Waals surface area contributed by atoms with E-state index in [-0.39, 0.29) is 5.91 Å². The van der Waals surface area contributed by atoms with Crippen LogP contribution in [0, 0.1) is 0 Å². The van der Waals surface area contributed by atoms with E-state index in [1.807, 2.05) is 5.48 Å². The number of aliphatic carboxylic acids is 1. The van der Waals surface area contributed by atoms with E-state index in [2.05, 4.69) is 10.2 Å². The Morgan fingerprint density at radius 2 is 2.15 bits per heavy atom. The second kappa shape index (κ2) is 7.51. The molecule has 0 atom stereocenters. The molecule has 0 rings (SSSR count). The largest absolute Gasteiger partial charge is 0.479 e. The minimum atomic E-state index is -1.12. The Morgan fingerprint density at radius 1 is 1.46 bits per heavy atom. The average Bonchev–Trinajstić information content (AvgIpc) is 2.04. The summed E-state index contributed by atoms with van der Waals surface area (Å²) >= 11 is 0. The fourth-order valence-electron chi connectivity index (χ4n) is 0.655. The number of carbonyl (C=O) groups excluding carboxylic acids is 1. The lowest BCUT2D eigenvalue weighted by Crippen LogP contribution is -2.27. The molecule has 0 aliphatic rings. The number of carboxylic acids is 1. The Balaban J connectivity index is 3.25. The molecular formula is C7H14N2O4. The van der Waals surface area contributed by atoms with Crippen LogP contribution in [0.3, 0.4) is 0 Å². The molecule has 0 spiro atoms. The van der Waals surface area contributed by atoms with E-state index in [0.717, 1.165) is 6.54 Å². The maximum Gasteiger partial charge on any atom is 0.332 e. The number of nitrogens with one attached hydrogen (secondary N) is 2. The molecule has 0 aromatic rings. The summed E-state index contributed by atoms with van der Waals surface area (Å²) in [6.45, 7) is 0.226. The first-order chi connectivity index (χ1) is 6.16. The van der Waals surface area contributed by atoms with Crippen LogP contribution in [-0.4, -0.2) is 37.2 Å². The van der Waals surface area contributed by atoms with Gasteiger partial charge in [-0.2, -0.15) is 0 Å². The molecule has 0 unspecified atom stereocenters. The molecule has 0 saturated heterocycles. The second-order valence-electron chi connectivity index (χ2n) is 2.41. The van der Waals surface area contributed by atoms with Crippen LogP contribution >= 0.6 is 0 Å². The van der Waals surface area contributed by atoms with Crippen LogP contribution in [0.5, 0.6) is 0 Å². The van der Waals surface area contributed by atoms with E-state index >= 15 is 0 Å². The third-order valence-corrected chi connectivity index (χ3v) is 1.21. The molecule has 0 heterocycles. The molecule has 3 N–H and O–H groups in total. The van der Waals surface area contributed by atoms with Crippen LogP contribution in [-0.2, 0) is 14.4 Å². The summed E-state index contributed by atoms with van der Waals surface area (Å²) in [5, 5.41) is 11.0. The van der Waals surface area contributed by atoms with Gasteiger partial charge < -0.3 is 10.4 Å². The summed E-state index contributed by atoms with van der Waals surface area (Å²) < 4.78 is 0. The van der Waals surface area contributed by atoms with Gasteiger partial charge in [-0.1, -0.05) is 0 Å². The minimum absolute atomic E-state index is 0.309. The van der Waals surface area contributed by atoms with Crippen molar-refractivity contribution in [1.82, 2.24) is 10.8 Å². The highest BCUT2D eigenvalue weighted by Gasteiger charge is 2.01. The van der Waals surface area contributed by atoms with Gasteiger partial charge in [-0.25, -0.2) is 10.3 Å². The first-order valence-corrected chi connectivity index (χ1v) is 3.94. The minimum Gasteiger partial charge on any atom is -0.479 e. The van der Waals surface area contributed by atoms with Crippen LogP contribution in [0.2, 0.25) is 0 Å². The van der Waals surface area contributed by atoms with Crippen LogP contribution in [0.25, 0.3) is 0 Å². The van der Waals surface area contributed by atoms with Gasteiger partial charge in [0, 0.05) is 6.42 Å². The van der Waals surface area contributed by atoms with E-state index in [9.17, 15) is 9.59 Å². The van der Waals surface area contributed by atoms with Crippen molar-refractivity contribution in [2.45, 2.75) is 12.8 Å². The van der Waals surface area contributed by atoms with Gasteiger partial charge in [0.05, 0.1) is 0 Å². The zero-order chi connectivity index (χ0) is 10.1. The molecule has 13 heavy (non-hydrogen) atoms. The van der Waals surface area contributed by atoms with Crippen LogP contribution in [0.1, 0.15) is 12.8 Å². The van der Waals surface area contributed by atoms with Crippen molar-refractivity contribution in [3.63, 3.8) is 0 Å². The zero-order valence-electron chi connectivity index (χ0n) is 7.50. The molecular weight excluding hydrogens is 176 g/mol. The highest BCUT2D eigenvalue weighted by atomic mass is 16.7. The van der Waals surface area contributed by atoms with E-state index in [1.165, 1.54) is 0 Å². The molecule has 0 aromatic heterocycles. The third-order valence-electron chi connectivity index (χ3n) is 1.21. The van der Waals surface area contributed by atoms with Crippen LogP contribution < -0.4 is 10.8 Å². The first kappa shape index (κ1) is 11.9. The van der Waals surface area contributed by atoms with E-state index in [4.69, 9.17) is 5.11 Å². The highest BCUT2D eigenvalue weighted by molar-refractivity contribution is 5.75. The predicted octanol–water partition coefficient (Wildman–Crippen LogP) is -0.882. The molecule has 0 aliphatic carbocycles. The molecule has 1 amide bonds. The molecule has 0 bridgehead atoms. The van der Waals surface area contributed by atoms with E-state index in [0.29, 0.717) is 12.8 Å². The number of carboxylic acid groups (broad SMARTS) is 1. The van der Waals surface area contributed by atoms with Crippen LogP contribution in [0.4, 0.5) is 0 Å². The SMILES string of the molecule is CNCCCC(=O)NOCC(=O)O. The molecule has 0 aromatic carbocycles. The Kier molecular flexibility index (Phi) is 6.85. The van der Waals surface area contributed by atoms with Gasteiger partial charge in [0.25, 0.3) is 0 Å². The Bertz CT molecular complexity index is 172. The van der Waals surface area contributed by atoms with Crippen molar-refractivity contribution >= 4 is 11.9 Å². The van der Waals surface area contributed by atoms with Crippen molar-refractivity contribution in [2.75, 3.05) is 20.2 Å². The Morgan fingerprint density at radius 3 is 2.69 bits per heavy atom. The quantitative estimate of drug-likeness (QED) is 0.358. The standard InChI is InChI=1S/C7H14N2O4/c1-8-4-2-3-6(10)9-13-5-7(11)12/h8H,2-5H2,1H3,(H,9,10)(H,11,12). The smallest absolute Gasteiger partial charge is 0.332 e. The Labute approximate surface area is 76.2 Å². The van der Waals surface area contributed by atoms with Crippen LogP contribution in [0.15, 0.2) is 0 Å². The zero-order valence-corrected chi connectivity index (χ0v) is 7.50. The molecule has 76 valence electrons. The lowest BCUT2D eigenvalue weighted by atomic mass is 10.3. The van der Waals surface area contributed by atoms with Crippen molar-refractivity contribution < 1.29 is 19.5 Å². The molecule has 0 aliphatic heterocycles. The fraction of sp³-hybridized carbons (Fsp3) is 0.714. The van der Waals surface area contributed by atoms with Gasteiger partial charge in [0.1, 0.15) is 0 Å². The maximum atomic E-state index is 10.8. The maximum absolute atomic E-state index is 10.8. The number of carbonyl (C=O) groups is 2. The van der Waals surface area contributed by atoms with Gasteiger partial charge >= 0.3 is 5.97 Å². The topological polar surface area (TPSA) is 87.7 Å². The first-order valence-electron chi connectivity index (χ1n) is 3.94. The summed E-state index contributed by atoms with van der Waals surface area (Å²) in [6, 6.07) is 0. The summed E-state index contributed by atoms with van der Waals surface area (Å²) in [7, 11) is 1.79. The monoisotopic (exact) mass is 190 g/mol. The van der Waals surface area contributed by atoms with Crippen molar-refractivity contribution in [1.29, 1.82) is 0 Å². The summed E-state index contributed by atoms with van der Waals surface area (Å²) in [6.07, 6.45) is 1.01. The summed E-state index contributed by atoms with van der Waals surface area (Å²) in [5.74, 6) is -1.42. The Hall–Kier alpha value is -1.14. The normalized spacial score (nSPS) is 9.62. The molecule has 0 fully saturated rings. The number of amides is 1. The second-order valence-corrected chi connectivity index (χ2v) is 2.41. The number of hydrogen-bond donors (Lipinski definition) is 3. The van der Waals surface area contributed by atoms with Gasteiger partial charge in [0.15, 0.2) is 6.61 Å². The number of rotatable bonds is 7. The van der Waals surface area contributed by atoms with Gasteiger partial charge in [0.2, 0.25) is 5.91 Å². The molecule has 0 saturated carbocycles. The fourth-order valence-corrected chi connectivity index (χ4v) is 0.655. The predicted molar refractivity (Wildman–Crippen MR) is 44.9 cm³/mol. The lowest BCUT2D eigenvalue weighted by Gasteiger charge is -2.02. The molecule has 6 nitrogen and oxygen atoms in total. The van der Waals surface area contributed by atoms with Gasteiger partial charge in [-0.05, 0) is 20.0 Å². The van der Waals surface area contributed by atoms with Gasteiger partial charge in [-0.15, -0.1) is 0 Å². The summed E-state index contributed by atoms with van der Waals surface area (Å²) in [4.78, 5) is 25.2. The van der Waals surface area contributed by atoms with Crippen molar-refractivity contribution in [3.8, 4) is 0 Å².